The molecule has 1 aromatic heterocycles. The van der Waals surface area contributed by atoms with Gasteiger partial charge in [-0.1, -0.05) is 6.07 Å². The Morgan fingerprint density at radius 3 is 2.67 bits per heavy atom. The van der Waals surface area contributed by atoms with Gasteiger partial charge in [0.05, 0.1) is 17.8 Å². The number of hydrogen-bond acceptors (Lipinski definition) is 5. The Morgan fingerprint density at radius 1 is 1.12 bits per heavy atom. The number of nitriles is 1. The number of carbonyl (C=O) groups is 1. The average molecular weight is 316 g/mol. The van der Waals surface area contributed by atoms with E-state index >= 15 is 0 Å². The van der Waals surface area contributed by atoms with Gasteiger partial charge in [-0.2, -0.15) is 5.26 Å². The number of anilines is 1. The zero-order chi connectivity index (χ0) is 16.8. The van der Waals surface area contributed by atoms with Gasteiger partial charge in [-0.15, -0.1) is 0 Å². The van der Waals surface area contributed by atoms with Gasteiger partial charge in [0.2, 0.25) is 5.88 Å². The van der Waals surface area contributed by atoms with E-state index in [2.05, 4.69) is 15.3 Å². The van der Waals surface area contributed by atoms with Crippen LogP contribution in [0.4, 0.5) is 5.69 Å². The molecule has 2 aromatic carbocycles. The Morgan fingerprint density at radius 2 is 1.96 bits per heavy atom. The fraction of sp³-hybridized carbons (Fsp3) is 0. The van der Waals surface area contributed by atoms with Crippen molar-refractivity contribution in [2.75, 3.05) is 5.32 Å². The van der Waals surface area contributed by atoms with Crippen molar-refractivity contribution in [2.45, 2.75) is 0 Å². The fourth-order valence-electron chi connectivity index (χ4n) is 2.00. The van der Waals surface area contributed by atoms with Gasteiger partial charge in [0.25, 0.3) is 5.91 Å². The van der Waals surface area contributed by atoms with Gasteiger partial charge >= 0.3 is 0 Å². The minimum atomic E-state index is -0.267. The smallest absolute Gasteiger partial charge is 0.255 e. The van der Waals surface area contributed by atoms with Gasteiger partial charge < -0.3 is 10.1 Å². The lowest BCUT2D eigenvalue weighted by atomic mass is 10.1. The van der Waals surface area contributed by atoms with Crippen molar-refractivity contribution in [1.82, 2.24) is 9.97 Å². The van der Waals surface area contributed by atoms with Crippen LogP contribution in [0.15, 0.2) is 67.1 Å². The topological polar surface area (TPSA) is 87.9 Å². The van der Waals surface area contributed by atoms with Crippen LogP contribution in [0.2, 0.25) is 0 Å². The van der Waals surface area contributed by atoms with Gasteiger partial charge in [0.15, 0.2) is 0 Å². The zero-order valence-electron chi connectivity index (χ0n) is 12.5. The molecule has 0 saturated heterocycles. The first-order valence-corrected chi connectivity index (χ1v) is 7.10. The summed E-state index contributed by atoms with van der Waals surface area (Å²) in [7, 11) is 0. The second-order valence-electron chi connectivity index (χ2n) is 4.82. The maximum atomic E-state index is 12.2. The lowest BCUT2D eigenvalue weighted by molar-refractivity contribution is 0.102. The summed E-state index contributed by atoms with van der Waals surface area (Å²) >= 11 is 0. The second-order valence-corrected chi connectivity index (χ2v) is 4.82. The summed E-state index contributed by atoms with van der Waals surface area (Å²) in [6, 6.07) is 15.4. The third-order valence-corrected chi connectivity index (χ3v) is 3.13. The Labute approximate surface area is 138 Å². The van der Waals surface area contributed by atoms with E-state index in [1.807, 2.05) is 6.07 Å². The third kappa shape index (κ3) is 3.72. The van der Waals surface area contributed by atoms with Crippen LogP contribution >= 0.6 is 0 Å². The number of nitrogens with one attached hydrogen (secondary N) is 1. The Kier molecular flexibility index (Phi) is 4.45. The van der Waals surface area contributed by atoms with Gasteiger partial charge in [0.1, 0.15) is 5.75 Å². The van der Waals surface area contributed by atoms with Gasteiger partial charge in [-0.3, -0.25) is 9.78 Å². The average Bonchev–Trinajstić information content (AvgIpc) is 2.63. The lowest BCUT2D eigenvalue weighted by Gasteiger charge is -2.08. The van der Waals surface area contributed by atoms with Crippen molar-refractivity contribution in [3.05, 3.63) is 78.2 Å². The highest BCUT2D eigenvalue weighted by atomic mass is 16.5. The number of hydrogen-bond donors (Lipinski definition) is 1. The summed E-state index contributed by atoms with van der Waals surface area (Å²) < 4.78 is 5.58. The molecule has 0 aliphatic rings. The molecule has 0 unspecified atom stereocenters. The standard InChI is InChI=1S/C18H12N4O2/c19-11-13-4-6-14(7-5-13)18(23)22-15-2-1-3-16(10-15)24-17-12-20-8-9-21-17/h1-10,12H,(H,22,23). The van der Waals surface area contributed by atoms with Crippen LogP contribution in [0.3, 0.4) is 0 Å². The van der Waals surface area contributed by atoms with E-state index in [0.717, 1.165) is 0 Å². The SMILES string of the molecule is N#Cc1ccc(C(=O)Nc2cccc(Oc3cnccn3)c2)cc1. The Bertz CT molecular complexity index is 887. The molecule has 0 aliphatic carbocycles. The second kappa shape index (κ2) is 7.03. The molecular weight excluding hydrogens is 304 g/mol. The molecule has 0 saturated carbocycles. The molecule has 0 bridgehead atoms. The lowest BCUT2D eigenvalue weighted by Crippen LogP contribution is -2.11. The van der Waals surface area contributed by atoms with Crippen LogP contribution in [0.5, 0.6) is 11.6 Å². The number of benzene rings is 2. The van der Waals surface area contributed by atoms with E-state index < -0.39 is 0 Å². The zero-order valence-corrected chi connectivity index (χ0v) is 12.5. The number of ether oxygens (including phenoxy) is 1. The summed E-state index contributed by atoms with van der Waals surface area (Å²) in [6.07, 6.45) is 4.59. The number of carbonyl (C=O) groups excluding carboxylic acids is 1. The highest BCUT2D eigenvalue weighted by Gasteiger charge is 2.07. The quantitative estimate of drug-likeness (QED) is 0.797. The van der Waals surface area contributed by atoms with E-state index in [4.69, 9.17) is 10.00 Å². The molecule has 6 heteroatoms. The largest absolute Gasteiger partial charge is 0.437 e. The predicted molar refractivity (Wildman–Crippen MR) is 87.7 cm³/mol. The molecule has 1 amide bonds. The molecule has 116 valence electrons. The highest BCUT2D eigenvalue weighted by Crippen LogP contribution is 2.22. The molecule has 0 radical (unpaired) electrons. The maximum Gasteiger partial charge on any atom is 0.255 e. The number of nitrogens with zero attached hydrogens (tertiary/aromatic N) is 3. The van der Waals surface area contributed by atoms with Crippen LogP contribution in [0.1, 0.15) is 15.9 Å². The first kappa shape index (κ1) is 15.2. The molecule has 0 spiro atoms. The minimum Gasteiger partial charge on any atom is -0.437 e. The molecule has 6 nitrogen and oxygen atoms in total. The summed E-state index contributed by atoms with van der Waals surface area (Å²) in [5.41, 5.74) is 1.56. The fourth-order valence-corrected chi connectivity index (χ4v) is 2.00. The minimum absolute atomic E-state index is 0.267. The Hall–Kier alpha value is -3.72. The molecule has 0 atom stereocenters. The summed E-state index contributed by atoms with van der Waals surface area (Å²) in [5, 5.41) is 11.6. The van der Waals surface area contributed by atoms with Crippen LogP contribution < -0.4 is 10.1 Å². The maximum absolute atomic E-state index is 12.2. The summed E-state index contributed by atoms with van der Waals surface area (Å²) in [5.74, 6) is 0.636. The molecule has 24 heavy (non-hydrogen) atoms. The third-order valence-electron chi connectivity index (χ3n) is 3.13. The van der Waals surface area contributed by atoms with Crippen molar-refractivity contribution < 1.29 is 9.53 Å². The Balaban J connectivity index is 1.72. The first-order valence-electron chi connectivity index (χ1n) is 7.10. The van der Waals surface area contributed by atoms with Gasteiger partial charge in [-0.25, -0.2) is 4.98 Å². The number of rotatable bonds is 4. The molecule has 1 heterocycles. The van der Waals surface area contributed by atoms with Crippen molar-refractivity contribution in [2.24, 2.45) is 0 Å². The van der Waals surface area contributed by atoms with Crippen LogP contribution in [0, 0.1) is 11.3 Å². The number of aromatic nitrogens is 2. The van der Waals surface area contributed by atoms with E-state index in [-0.39, 0.29) is 5.91 Å². The first-order chi connectivity index (χ1) is 11.7. The van der Waals surface area contributed by atoms with Crippen LogP contribution in [-0.4, -0.2) is 15.9 Å². The van der Waals surface area contributed by atoms with E-state index in [0.29, 0.717) is 28.4 Å². The van der Waals surface area contributed by atoms with Gasteiger partial charge in [0, 0.05) is 29.7 Å². The van der Waals surface area contributed by atoms with Crippen LogP contribution in [-0.2, 0) is 0 Å². The van der Waals surface area contributed by atoms with E-state index in [1.54, 1.807) is 54.7 Å². The summed E-state index contributed by atoms with van der Waals surface area (Å²) in [6.45, 7) is 0. The monoisotopic (exact) mass is 316 g/mol. The van der Waals surface area contributed by atoms with Gasteiger partial charge in [-0.05, 0) is 36.4 Å². The van der Waals surface area contributed by atoms with Crippen LogP contribution in [0.25, 0.3) is 0 Å². The van der Waals surface area contributed by atoms with Crippen molar-refractivity contribution in [1.29, 1.82) is 5.26 Å². The predicted octanol–water partition coefficient (Wildman–Crippen LogP) is 3.39. The molecule has 0 aliphatic heterocycles. The number of amides is 1. The highest BCUT2D eigenvalue weighted by molar-refractivity contribution is 6.04. The molecule has 3 rings (SSSR count). The normalized spacial score (nSPS) is 9.79. The molecule has 0 fully saturated rings. The molecule has 1 N–H and O–H groups in total. The van der Waals surface area contributed by atoms with Crippen molar-refractivity contribution in [3.63, 3.8) is 0 Å². The van der Waals surface area contributed by atoms with Crippen molar-refractivity contribution in [3.8, 4) is 17.7 Å². The van der Waals surface area contributed by atoms with E-state index in [9.17, 15) is 4.79 Å². The molecular formula is C18H12N4O2. The summed E-state index contributed by atoms with van der Waals surface area (Å²) in [4.78, 5) is 20.2. The van der Waals surface area contributed by atoms with E-state index in [1.165, 1.54) is 12.4 Å². The molecule has 3 aromatic rings. The van der Waals surface area contributed by atoms with Crippen molar-refractivity contribution >= 4 is 11.6 Å².